The van der Waals surface area contributed by atoms with E-state index in [0.29, 0.717) is 13.1 Å². The number of para-hydroxylation sites is 1. The van der Waals surface area contributed by atoms with Gasteiger partial charge in [-0.3, -0.25) is 4.90 Å². The molecule has 0 spiro atoms. The zero-order valence-electron chi connectivity index (χ0n) is 14.4. The molecule has 24 heavy (non-hydrogen) atoms. The zero-order valence-corrected chi connectivity index (χ0v) is 14.4. The molecule has 1 saturated heterocycles. The number of anilines is 1. The average molecular weight is 330 g/mol. The van der Waals surface area contributed by atoms with Crippen molar-refractivity contribution in [2.75, 3.05) is 38.1 Å². The minimum Gasteiger partial charge on any atom is -0.395 e. The summed E-state index contributed by atoms with van der Waals surface area (Å²) in [5.74, 6) is 0. The standard InChI is InChI=1S/C18H26N4O2/c1-3-15(13-23)21-9-11-22(12-10-21)18(24)19-16-6-4-5-14-7-8-20(2)17(14)16/h4-8,15,23H,3,9-13H2,1-2H3,(H,19,24). The van der Waals surface area contributed by atoms with Crippen LogP contribution in [0.15, 0.2) is 30.5 Å². The van der Waals surface area contributed by atoms with Crippen LogP contribution in [-0.4, -0.2) is 64.3 Å². The van der Waals surface area contributed by atoms with Gasteiger partial charge in [0.2, 0.25) is 0 Å². The lowest BCUT2D eigenvalue weighted by molar-refractivity contribution is 0.0766. The van der Waals surface area contributed by atoms with Crippen molar-refractivity contribution in [3.05, 3.63) is 30.5 Å². The molecule has 1 unspecified atom stereocenters. The van der Waals surface area contributed by atoms with Crippen molar-refractivity contribution in [1.29, 1.82) is 0 Å². The second kappa shape index (κ2) is 7.23. The first-order valence-corrected chi connectivity index (χ1v) is 8.59. The summed E-state index contributed by atoms with van der Waals surface area (Å²) in [6.45, 7) is 5.25. The lowest BCUT2D eigenvalue weighted by atomic mass is 10.1. The highest BCUT2D eigenvalue weighted by atomic mass is 16.3. The van der Waals surface area contributed by atoms with Gasteiger partial charge in [-0.2, -0.15) is 0 Å². The quantitative estimate of drug-likeness (QED) is 0.902. The van der Waals surface area contributed by atoms with Gasteiger partial charge < -0.3 is 19.9 Å². The maximum absolute atomic E-state index is 12.6. The summed E-state index contributed by atoms with van der Waals surface area (Å²) in [5.41, 5.74) is 1.88. The first-order valence-electron chi connectivity index (χ1n) is 8.59. The Labute approximate surface area is 142 Å². The van der Waals surface area contributed by atoms with Crippen molar-refractivity contribution in [2.24, 2.45) is 7.05 Å². The maximum Gasteiger partial charge on any atom is 0.321 e. The fourth-order valence-electron chi connectivity index (χ4n) is 3.44. The Hall–Kier alpha value is -2.05. The van der Waals surface area contributed by atoms with Gasteiger partial charge in [0.15, 0.2) is 0 Å². The summed E-state index contributed by atoms with van der Waals surface area (Å²) >= 11 is 0. The lowest BCUT2D eigenvalue weighted by Crippen LogP contribution is -2.53. The van der Waals surface area contributed by atoms with Crippen molar-refractivity contribution in [1.82, 2.24) is 14.4 Å². The maximum atomic E-state index is 12.6. The summed E-state index contributed by atoms with van der Waals surface area (Å²) < 4.78 is 2.02. The van der Waals surface area contributed by atoms with Crippen molar-refractivity contribution in [3.8, 4) is 0 Å². The van der Waals surface area contributed by atoms with Crippen LogP contribution >= 0.6 is 0 Å². The third kappa shape index (κ3) is 3.25. The van der Waals surface area contributed by atoms with Crippen LogP contribution in [0.5, 0.6) is 0 Å². The van der Waals surface area contributed by atoms with E-state index in [2.05, 4.69) is 17.1 Å². The Morgan fingerprint density at radius 3 is 2.67 bits per heavy atom. The summed E-state index contributed by atoms with van der Waals surface area (Å²) in [5, 5.41) is 13.6. The number of aliphatic hydroxyl groups excluding tert-OH is 1. The largest absolute Gasteiger partial charge is 0.395 e. The Morgan fingerprint density at radius 2 is 2.00 bits per heavy atom. The normalized spacial score (nSPS) is 17.2. The van der Waals surface area contributed by atoms with Crippen LogP contribution < -0.4 is 5.32 Å². The molecule has 1 aliphatic rings. The van der Waals surface area contributed by atoms with E-state index in [1.54, 1.807) is 0 Å². The second-order valence-corrected chi connectivity index (χ2v) is 6.37. The van der Waals surface area contributed by atoms with Gasteiger partial charge in [-0.25, -0.2) is 4.79 Å². The molecule has 130 valence electrons. The fourth-order valence-corrected chi connectivity index (χ4v) is 3.44. The number of hydrogen-bond acceptors (Lipinski definition) is 3. The minimum absolute atomic E-state index is 0.0552. The van der Waals surface area contributed by atoms with E-state index in [1.807, 2.05) is 47.0 Å². The van der Waals surface area contributed by atoms with E-state index in [-0.39, 0.29) is 18.7 Å². The molecule has 0 saturated carbocycles. The molecule has 2 N–H and O–H groups in total. The van der Waals surface area contributed by atoms with Crippen LogP contribution in [0.25, 0.3) is 10.9 Å². The Balaban J connectivity index is 1.65. The Kier molecular flexibility index (Phi) is 5.06. The van der Waals surface area contributed by atoms with Gasteiger partial charge in [0.25, 0.3) is 0 Å². The number of carbonyl (C=O) groups excluding carboxylic acids is 1. The number of amides is 2. The van der Waals surface area contributed by atoms with E-state index in [0.717, 1.165) is 36.1 Å². The number of urea groups is 1. The van der Waals surface area contributed by atoms with E-state index in [4.69, 9.17) is 0 Å². The van der Waals surface area contributed by atoms with Crippen molar-refractivity contribution >= 4 is 22.6 Å². The number of piperazine rings is 1. The van der Waals surface area contributed by atoms with Gasteiger partial charge in [-0.1, -0.05) is 19.1 Å². The molecule has 6 nitrogen and oxygen atoms in total. The predicted octanol–water partition coefficient (Wildman–Crippen LogP) is 2.10. The number of benzene rings is 1. The highest BCUT2D eigenvalue weighted by Gasteiger charge is 2.25. The number of nitrogens with zero attached hydrogens (tertiary/aromatic N) is 3. The van der Waals surface area contributed by atoms with Gasteiger partial charge in [-0.15, -0.1) is 0 Å². The average Bonchev–Trinajstić information content (AvgIpc) is 2.99. The van der Waals surface area contributed by atoms with Gasteiger partial charge >= 0.3 is 6.03 Å². The molecular weight excluding hydrogens is 304 g/mol. The predicted molar refractivity (Wildman–Crippen MR) is 96.2 cm³/mol. The first-order chi connectivity index (χ1) is 11.6. The van der Waals surface area contributed by atoms with E-state index in [9.17, 15) is 9.90 Å². The van der Waals surface area contributed by atoms with Crippen molar-refractivity contribution < 1.29 is 9.90 Å². The zero-order chi connectivity index (χ0) is 17.1. The highest BCUT2D eigenvalue weighted by Crippen LogP contribution is 2.24. The van der Waals surface area contributed by atoms with Crippen LogP contribution in [0.1, 0.15) is 13.3 Å². The summed E-state index contributed by atoms with van der Waals surface area (Å²) in [7, 11) is 1.98. The molecule has 1 aliphatic heterocycles. The topological polar surface area (TPSA) is 60.7 Å². The van der Waals surface area contributed by atoms with Gasteiger partial charge in [0, 0.05) is 50.9 Å². The van der Waals surface area contributed by atoms with Crippen molar-refractivity contribution in [3.63, 3.8) is 0 Å². The molecule has 1 aromatic carbocycles. The minimum atomic E-state index is -0.0552. The second-order valence-electron chi connectivity index (χ2n) is 6.37. The number of aliphatic hydroxyl groups is 1. The van der Waals surface area contributed by atoms with Crippen LogP contribution in [0.4, 0.5) is 10.5 Å². The monoisotopic (exact) mass is 330 g/mol. The molecule has 0 radical (unpaired) electrons. The summed E-state index contributed by atoms with van der Waals surface area (Å²) in [6, 6.07) is 8.14. The molecule has 2 aromatic rings. The number of nitrogens with one attached hydrogen (secondary N) is 1. The highest BCUT2D eigenvalue weighted by molar-refractivity contribution is 6.00. The molecule has 2 heterocycles. The van der Waals surface area contributed by atoms with Crippen molar-refractivity contribution in [2.45, 2.75) is 19.4 Å². The number of carbonyl (C=O) groups is 1. The summed E-state index contributed by atoms with van der Waals surface area (Å²) in [6.07, 6.45) is 2.93. The van der Waals surface area contributed by atoms with E-state index < -0.39 is 0 Å². The smallest absolute Gasteiger partial charge is 0.321 e. The summed E-state index contributed by atoms with van der Waals surface area (Å²) in [4.78, 5) is 16.7. The number of rotatable bonds is 4. The molecular formula is C18H26N4O2. The molecule has 1 aromatic heterocycles. The third-order valence-corrected chi connectivity index (χ3v) is 4.94. The molecule has 6 heteroatoms. The van der Waals surface area contributed by atoms with E-state index >= 15 is 0 Å². The number of hydrogen-bond donors (Lipinski definition) is 2. The van der Waals surface area contributed by atoms with Crippen LogP contribution in [0.2, 0.25) is 0 Å². The number of aromatic nitrogens is 1. The first kappa shape index (κ1) is 16.8. The van der Waals surface area contributed by atoms with E-state index in [1.165, 1.54) is 0 Å². The fraction of sp³-hybridized carbons (Fsp3) is 0.500. The Bertz CT molecular complexity index is 700. The third-order valence-electron chi connectivity index (χ3n) is 4.94. The number of fused-ring (bicyclic) bond motifs is 1. The van der Waals surface area contributed by atoms with Gasteiger partial charge in [0.05, 0.1) is 17.8 Å². The Morgan fingerprint density at radius 1 is 1.25 bits per heavy atom. The SMILES string of the molecule is CCC(CO)N1CCN(C(=O)Nc2cccc3ccn(C)c23)CC1. The molecule has 0 bridgehead atoms. The molecule has 1 fully saturated rings. The number of aryl methyl sites for hydroxylation is 1. The lowest BCUT2D eigenvalue weighted by Gasteiger charge is -2.38. The van der Waals surface area contributed by atoms with Crippen LogP contribution in [0, 0.1) is 0 Å². The van der Waals surface area contributed by atoms with Gasteiger partial charge in [0.1, 0.15) is 0 Å². The molecule has 0 aliphatic carbocycles. The molecule has 2 amide bonds. The van der Waals surface area contributed by atoms with Crippen LogP contribution in [-0.2, 0) is 7.05 Å². The molecule has 1 atom stereocenters. The van der Waals surface area contributed by atoms with Crippen LogP contribution in [0.3, 0.4) is 0 Å². The molecule has 3 rings (SSSR count). The van der Waals surface area contributed by atoms with Gasteiger partial charge in [-0.05, 0) is 18.6 Å².